The molecule has 1 heterocycles. The molecule has 1 heteroatoms. The molecular weight excluding hydrogens is 518 g/mol. The third-order valence-electron chi connectivity index (χ3n) is 8.52. The van der Waals surface area contributed by atoms with Crippen LogP contribution in [0.4, 0.5) is 0 Å². The molecule has 0 saturated carbocycles. The average molecular weight is 548 g/mol. The van der Waals surface area contributed by atoms with E-state index in [1.165, 1.54) is 71.3 Å². The molecule has 8 rings (SSSR count). The summed E-state index contributed by atoms with van der Waals surface area (Å²) in [4.78, 5) is 4.67. The number of hydrogen-bond donors (Lipinski definition) is 0. The van der Waals surface area contributed by atoms with Gasteiger partial charge in [0.05, 0.1) is 5.69 Å². The quantitative estimate of drug-likeness (QED) is 0.200. The smallest absolute Gasteiger partial charge is 0.0702 e. The first-order valence-corrected chi connectivity index (χ1v) is 14.8. The SMILES string of the molecule is Cc1ccc(-c2cccc(-c3cccc(-c4c5ccccc5c(-c5ccc6ccccc6c5)c5ccccc45)c3)c2)nc1. The minimum atomic E-state index is 0.991. The van der Waals surface area contributed by atoms with Crippen LogP contribution in [0.1, 0.15) is 5.56 Å². The van der Waals surface area contributed by atoms with Gasteiger partial charge in [-0.3, -0.25) is 4.98 Å². The highest BCUT2D eigenvalue weighted by molar-refractivity contribution is 6.21. The molecule has 0 bridgehead atoms. The summed E-state index contributed by atoms with van der Waals surface area (Å²) < 4.78 is 0. The number of benzene rings is 7. The van der Waals surface area contributed by atoms with E-state index < -0.39 is 0 Å². The third kappa shape index (κ3) is 4.47. The molecule has 0 unspecified atom stereocenters. The minimum absolute atomic E-state index is 0.991. The van der Waals surface area contributed by atoms with Crippen molar-refractivity contribution in [2.75, 3.05) is 0 Å². The molecular formula is C42H29N. The lowest BCUT2D eigenvalue weighted by molar-refractivity contribution is 1.27. The number of aryl methyl sites for hydroxylation is 1. The maximum absolute atomic E-state index is 4.67. The summed E-state index contributed by atoms with van der Waals surface area (Å²) in [7, 11) is 0. The maximum Gasteiger partial charge on any atom is 0.0702 e. The van der Waals surface area contributed by atoms with E-state index in [2.05, 4.69) is 164 Å². The molecule has 1 nitrogen and oxygen atoms in total. The second kappa shape index (κ2) is 10.4. The van der Waals surface area contributed by atoms with Crippen LogP contribution in [0.25, 0.3) is 77.0 Å². The fourth-order valence-electron chi connectivity index (χ4n) is 6.45. The first-order chi connectivity index (χ1) is 21.2. The summed E-state index contributed by atoms with van der Waals surface area (Å²) in [5.41, 5.74) is 10.7. The van der Waals surface area contributed by atoms with Crippen molar-refractivity contribution in [1.82, 2.24) is 4.98 Å². The van der Waals surface area contributed by atoms with Gasteiger partial charge in [-0.1, -0.05) is 127 Å². The van der Waals surface area contributed by atoms with Crippen LogP contribution in [0.5, 0.6) is 0 Å². The van der Waals surface area contributed by atoms with E-state index in [1.807, 2.05) is 6.20 Å². The van der Waals surface area contributed by atoms with Crippen LogP contribution in [0.2, 0.25) is 0 Å². The van der Waals surface area contributed by atoms with Crippen molar-refractivity contribution in [2.24, 2.45) is 0 Å². The Morgan fingerprint density at radius 1 is 0.372 bits per heavy atom. The predicted molar refractivity (Wildman–Crippen MR) is 183 cm³/mol. The number of aromatic nitrogens is 1. The van der Waals surface area contributed by atoms with Gasteiger partial charge in [-0.05, 0) is 102 Å². The van der Waals surface area contributed by atoms with Gasteiger partial charge >= 0.3 is 0 Å². The minimum Gasteiger partial charge on any atom is -0.256 e. The van der Waals surface area contributed by atoms with Crippen LogP contribution < -0.4 is 0 Å². The molecule has 0 radical (unpaired) electrons. The van der Waals surface area contributed by atoms with Gasteiger partial charge in [-0.25, -0.2) is 0 Å². The lowest BCUT2D eigenvalue weighted by Gasteiger charge is -2.18. The highest BCUT2D eigenvalue weighted by atomic mass is 14.7. The van der Waals surface area contributed by atoms with Crippen LogP contribution in [-0.2, 0) is 0 Å². The first kappa shape index (κ1) is 25.2. The highest BCUT2D eigenvalue weighted by Crippen LogP contribution is 2.44. The second-order valence-electron chi connectivity index (χ2n) is 11.3. The fourth-order valence-corrected chi connectivity index (χ4v) is 6.45. The van der Waals surface area contributed by atoms with Crippen LogP contribution >= 0.6 is 0 Å². The Hall–Kier alpha value is -5.53. The molecule has 202 valence electrons. The van der Waals surface area contributed by atoms with Gasteiger partial charge in [-0.15, -0.1) is 0 Å². The number of hydrogen-bond acceptors (Lipinski definition) is 1. The van der Waals surface area contributed by atoms with E-state index in [0.717, 1.165) is 11.3 Å². The molecule has 0 N–H and O–H groups in total. The van der Waals surface area contributed by atoms with E-state index in [9.17, 15) is 0 Å². The van der Waals surface area contributed by atoms with Gasteiger partial charge in [0.15, 0.2) is 0 Å². The molecule has 0 saturated heterocycles. The number of pyridine rings is 1. The zero-order valence-electron chi connectivity index (χ0n) is 24.0. The summed E-state index contributed by atoms with van der Waals surface area (Å²) >= 11 is 0. The van der Waals surface area contributed by atoms with Crippen molar-refractivity contribution in [2.45, 2.75) is 6.92 Å². The molecule has 7 aromatic carbocycles. The Morgan fingerprint density at radius 3 is 1.49 bits per heavy atom. The van der Waals surface area contributed by atoms with Crippen molar-refractivity contribution in [3.8, 4) is 44.6 Å². The summed E-state index contributed by atoms with van der Waals surface area (Å²) in [6, 6.07) is 55.1. The largest absolute Gasteiger partial charge is 0.256 e. The van der Waals surface area contributed by atoms with Gasteiger partial charge in [0, 0.05) is 11.8 Å². The number of fused-ring (bicyclic) bond motifs is 3. The zero-order chi connectivity index (χ0) is 28.8. The Morgan fingerprint density at radius 2 is 0.884 bits per heavy atom. The van der Waals surface area contributed by atoms with Crippen LogP contribution in [0, 0.1) is 6.92 Å². The summed E-state index contributed by atoms with van der Waals surface area (Å²) in [5, 5.41) is 7.58. The first-order valence-electron chi connectivity index (χ1n) is 14.8. The average Bonchev–Trinajstić information content (AvgIpc) is 3.07. The van der Waals surface area contributed by atoms with Crippen molar-refractivity contribution < 1.29 is 0 Å². The summed E-state index contributed by atoms with van der Waals surface area (Å²) in [6.07, 6.45) is 1.93. The Labute approximate surface area is 251 Å². The van der Waals surface area contributed by atoms with E-state index >= 15 is 0 Å². The van der Waals surface area contributed by atoms with Gasteiger partial charge in [0.1, 0.15) is 0 Å². The molecule has 0 aliphatic rings. The number of nitrogens with zero attached hydrogens (tertiary/aromatic N) is 1. The van der Waals surface area contributed by atoms with Gasteiger partial charge in [0.2, 0.25) is 0 Å². The number of rotatable bonds is 4. The topological polar surface area (TPSA) is 12.9 Å². The van der Waals surface area contributed by atoms with Gasteiger partial charge in [0.25, 0.3) is 0 Å². The van der Waals surface area contributed by atoms with Gasteiger partial charge in [-0.2, -0.15) is 0 Å². The highest BCUT2D eigenvalue weighted by Gasteiger charge is 2.17. The van der Waals surface area contributed by atoms with E-state index in [0.29, 0.717) is 0 Å². The van der Waals surface area contributed by atoms with Crippen LogP contribution in [0.15, 0.2) is 158 Å². The third-order valence-corrected chi connectivity index (χ3v) is 8.52. The molecule has 1 aromatic heterocycles. The maximum atomic E-state index is 4.67. The Bertz CT molecular complexity index is 2240. The molecule has 0 amide bonds. The summed E-state index contributed by atoms with van der Waals surface area (Å²) in [5.74, 6) is 0. The molecule has 0 aliphatic heterocycles. The van der Waals surface area contributed by atoms with Crippen LogP contribution in [-0.4, -0.2) is 4.98 Å². The molecule has 8 aromatic rings. The van der Waals surface area contributed by atoms with Crippen molar-refractivity contribution in [1.29, 1.82) is 0 Å². The second-order valence-corrected chi connectivity index (χ2v) is 11.3. The van der Waals surface area contributed by atoms with E-state index in [-0.39, 0.29) is 0 Å². The zero-order valence-corrected chi connectivity index (χ0v) is 24.0. The molecule has 43 heavy (non-hydrogen) atoms. The molecule has 0 fully saturated rings. The standard InChI is InChI=1S/C42H29N/c1-28-20-23-40(43-27-28)33-14-8-12-31(24-33)32-13-9-15-34(26-32)41-36-16-4-6-18-38(36)42(39-19-7-5-17-37(39)41)35-22-21-29-10-2-3-11-30(29)25-35/h2-27H,1H3. The van der Waals surface area contributed by atoms with Crippen molar-refractivity contribution >= 4 is 32.3 Å². The Balaban J connectivity index is 1.33. The van der Waals surface area contributed by atoms with E-state index in [4.69, 9.17) is 0 Å². The monoisotopic (exact) mass is 547 g/mol. The lowest BCUT2D eigenvalue weighted by atomic mass is 9.85. The fraction of sp³-hybridized carbons (Fsp3) is 0.0238. The molecule has 0 atom stereocenters. The Kier molecular flexibility index (Phi) is 6.09. The van der Waals surface area contributed by atoms with Gasteiger partial charge < -0.3 is 0 Å². The van der Waals surface area contributed by atoms with Crippen molar-refractivity contribution in [3.05, 3.63) is 163 Å². The molecule has 0 aliphatic carbocycles. The summed E-state index contributed by atoms with van der Waals surface area (Å²) in [6.45, 7) is 2.07. The molecule has 0 spiro atoms. The lowest BCUT2D eigenvalue weighted by Crippen LogP contribution is -1.91. The predicted octanol–water partition coefficient (Wildman–Crippen LogP) is 11.5. The van der Waals surface area contributed by atoms with Crippen molar-refractivity contribution in [3.63, 3.8) is 0 Å². The van der Waals surface area contributed by atoms with Crippen LogP contribution in [0.3, 0.4) is 0 Å². The van der Waals surface area contributed by atoms with E-state index in [1.54, 1.807) is 0 Å². The normalized spacial score (nSPS) is 11.4.